The summed E-state index contributed by atoms with van der Waals surface area (Å²) in [5.41, 5.74) is 3.38. The molecule has 0 unspecified atom stereocenters. The number of anilines is 1. The van der Waals surface area contributed by atoms with Crippen molar-refractivity contribution in [2.24, 2.45) is 0 Å². The first kappa shape index (κ1) is 14.9. The van der Waals surface area contributed by atoms with Crippen LogP contribution in [0.3, 0.4) is 0 Å². The Morgan fingerprint density at radius 2 is 1.48 bits per heavy atom. The Bertz CT molecular complexity index is 504. The van der Waals surface area contributed by atoms with Crippen LogP contribution < -0.4 is 4.90 Å². The van der Waals surface area contributed by atoms with Gasteiger partial charge in [0.05, 0.1) is 0 Å². The van der Waals surface area contributed by atoms with Crippen molar-refractivity contribution in [3.05, 3.63) is 29.8 Å². The molecule has 2 fully saturated rings. The maximum atomic E-state index is 2.69. The number of nitrogens with zero attached hydrogens (tertiary/aromatic N) is 2. The Labute approximate surface area is 130 Å². The SMILES string of the molecule is CC(C)(C)c1ccc(N2C[C@H]3C[C@@H]2CN3C(C)(C)C)cc1. The number of hydrogen-bond acceptors (Lipinski definition) is 2. The summed E-state index contributed by atoms with van der Waals surface area (Å²) >= 11 is 0. The molecule has 2 atom stereocenters. The zero-order valence-electron chi connectivity index (χ0n) is 14.5. The van der Waals surface area contributed by atoms with E-state index >= 15 is 0 Å². The summed E-state index contributed by atoms with van der Waals surface area (Å²) in [6.45, 7) is 16.3. The van der Waals surface area contributed by atoms with E-state index < -0.39 is 0 Å². The number of piperazine rings is 1. The Balaban J connectivity index is 1.74. The van der Waals surface area contributed by atoms with E-state index in [1.54, 1.807) is 0 Å². The molecule has 2 bridgehead atoms. The van der Waals surface area contributed by atoms with Gasteiger partial charge in [0.25, 0.3) is 0 Å². The first-order chi connectivity index (χ1) is 9.66. The molecule has 0 radical (unpaired) electrons. The average molecular weight is 286 g/mol. The van der Waals surface area contributed by atoms with Gasteiger partial charge in [0.1, 0.15) is 0 Å². The van der Waals surface area contributed by atoms with Crippen molar-refractivity contribution < 1.29 is 0 Å². The molecule has 0 aliphatic carbocycles. The lowest BCUT2D eigenvalue weighted by Crippen LogP contribution is -2.53. The van der Waals surface area contributed by atoms with E-state index in [1.165, 1.54) is 30.8 Å². The van der Waals surface area contributed by atoms with E-state index in [0.29, 0.717) is 11.6 Å². The number of fused-ring (bicyclic) bond motifs is 2. The molecule has 0 saturated carbocycles. The van der Waals surface area contributed by atoms with Gasteiger partial charge in [0.2, 0.25) is 0 Å². The molecule has 0 N–H and O–H groups in total. The minimum atomic E-state index is 0.242. The summed E-state index contributed by atoms with van der Waals surface area (Å²) < 4.78 is 0. The molecule has 0 spiro atoms. The van der Waals surface area contributed by atoms with Crippen LogP contribution in [-0.2, 0) is 5.41 Å². The third-order valence-corrected chi connectivity index (χ3v) is 5.17. The molecule has 2 heteroatoms. The Hall–Kier alpha value is -1.02. The van der Waals surface area contributed by atoms with Crippen molar-refractivity contribution in [1.29, 1.82) is 0 Å². The van der Waals surface area contributed by atoms with E-state index in [1.807, 2.05) is 0 Å². The second-order valence-corrected chi connectivity index (χ2v) is 8.82. The van der Waals surface area contributed by atoms with Gasteiger partial charge in [-0.15, -0.1) is 0 Å². The maximum Gasteiger partial charge on any atom is 0.0433 e. The molecule has 3 rings (SSSR count). The smallest absolute Gasteiger partial charge is 0.0433 e. The zero-order chi connectivity index (χ0) is 15.4. The highest BCUT2D eigenvalue weighted by Crippen LogP contribution is 2.38. The predicted octanol–water partition coefficient (Wildman–Crippen LogP) is 4.05. The average Bonchev–Trinajstić information content (AvgIpc) is 2.96. The molecular weight excluding hydrogens is 256 g/mol. The van der Waals surface area contributed by atoms with Gasteiger partial charge in [-0.3, -0.25) is 4.90 Å². The Morgan fingerprint density at radius 1 is 0.857 bits per heavy atom. The largest absolute Gasteiger partial charge is 0.366 e. The van der Waals surface area contributed by atoms with Gasteiger partial charge in [0, 0.05) is 36.4 Å². The first-order valence-electron chi connectivity index (χ1n) is 8.30. The van der Waals surface area contributed by atoms with E-state index in [-0.39, 0.29) is 5.41 Å². The minimum Gasteiger partial charge on any atom is -0.366 e. The molecule has 1 aromatic carbocycles. The third-order valence-electron chi connectivity index (χ3n) is 5.17. The van der Waals surface area contributed by atoms with Gasteiger partial charge >= 0.3 is 0 Å². The molecule has 2 saturated heterocycles. The first-order valence-corrected chi connectivity index (χ1v) is 8.30. The molecule has 2 aliphatic heterocycles. The lowest BCUT2D eigenvalue weighted by Gasteiger charge is -2.42. The van der Waals surface area contributed by atoms with Crippen LogP contribution in [0.2, 0.25) is 0 Å². The fourth-order valence-corrected chi connectivity index (χ4v) is 3.96. The van der Waals surface area contributed by atoms with Crippen molar-refractivity contribution in [1.82, 2.24) is 4.90 Å². The van der Waals surface area contributed by atoms with Crippen molar-refractivity contribution in [3.8, 4) is 0 Å². The van der Waals surface area contributed by atoms with Crippen LogP contribution in [0.25, 0.3) is 0 Å². The number of rotatable bonds is 1. The molecule has 1 aromatic rings. The standard InChI is InChI=1S/C19H30N2/c1-18(2,3)14-7-9-15(10-8-14)20-12-17-11-16(20)13-21(17)19(4,5)6/h7-10,16-17H,11-13H2,1-6H3/t16-,17-/m1/s1. The second-order valence-electron chi connectivity index (χ2n) is 8.82. The molecule has 0 aromatic heterocycles. The third kappa shape index (κ3) is 2.70. The summed E-state index contributed by atoms with van der Waals surface area (Å²) in [6.07, 6.45) is 1.33. The number of hydrogen-bond donors (Lipinski definition) is 0. The van der Waals surface area contributed by atoms with E-state index in [2.05, 4.69) is 75.6 Å². The lowest BCUT2D eigenvalue weighted by atomic mass is 9.87. The van der Waals surface area contributed by atoms with Crippen LogP contribution in [0.15, 0.2) is 24.3 Å². The van der Waals surface area contributed by atoms with Crippen molar-refractivity contribution in [3.63, 3.8) is 0 Å². The van der Waals surface area contributed by atoms with Crippen LogP contribution in [0.5, 0.6) is 0 Å². The van der Waals surface area contributed by atoms with Crippen LogP contribution in [0.1, 0.15) is 53.5 Å². The van der Waals surface area contributed by atoms with E-state index in [0.717, 1.165) is 6.04 Å². The highest BCUT2D eigenvalue weighted by atomic mass is 15.4. The lowest BCUT2D eigenvalue weighted by molar-refractivity contribution is 0.113. The maximum absolute atomic E-state index is 2.69. The topological polar surface area (TPSA) is 6.48 Å². The Kier molecular flexibility index (Phi) is 3.36. The van der Waals surface area contributed by atoms with Crippen LogP contribution in [0, 0.1) is 0 Å². The van der Waals surface area contributed by atoms with Crippen LogP contribution in [-0.4, -0.2) is 35.6 Å². The van der Waals surface area contributed by atoms with Gasteiger partial charge < -0.3 is 4.90 Å². The molecule has 0 amide bonds. The summed E-state index contributed by atoms with van der Waals surface area (Å²) in [4.78, 5) is 5.32. The highest BCUT2D eigenvalue weighted by molar-refractivity contribution is 5.52. The van der Waals surface area contributed by atoms with Crippen LogP contribution in [0.4, 0.5) is 5.69 Å². The van der Waals surface area contributed by atoms with E-state index in [9.17, 15) is 0 Å². The highest BCUT2D eigenvalue weighted by Gasteiger charge is 2.46. The molecular formula is C19H30N2. The number of likely N-dealkylation sites (tertiary alicyclic amines) is 1. The number of benzene rings is 1. The quantitative estimate of drug-likeness (QED) is 0.768. The summed E-state index contributed by atoms with van der Waals surface area (Å²) in [5.74, 6) is 0. The fraction of sp³-hybridized carbons (Fsp3) is 0.684. The van der Waals surface area contributed by atoms with Gasteiger partial charge in [-0.1, -0.05) is 32.9 Å². The summed E-state index contributed by atoms with van der Waals surface area (Å²) in [5, 5.41) is 0. The minimum absolute atomic E-state index is 0.242. The van der Waals surface area contributed by atoms with Crippen molar-refractivity contribution >= 4 is 5.69 Å². The predicted molar refractivity (Wildman–Crippen MR) is 91.1 cm³/mol. The molecule has 2 heterocycles. The second kappa shape index (κ2) is 4.74. The normalized spacial score (nSPS) is 26.7. The van der Waals surface area contributed by atoms with Crippen LogP contribution >= 0.6 is 0 Å². The van der Waals surface area contributed by atoms with Crippen molar-refractivity contribution in [2.75, 3.05) is 18.0 Å². The van der Waals surface area contributed by atoms with E-state index in [4.69, 9.17) is 0 Å². The Morgan fingerprint density at radius 3 is 1.90 bits per heavy atom. The molecule has 2 nitrogen and oxygen atoms in total. The van der Waals surface area contributed by atoms with Crippen molar-refractivity contribution in [2.45, 2.75) is 71.0 Å². The molecule has 2 aliphatic rings. The summed E-state index contributed by atoms with van der Waals surface area (Å²) in [6, 6.07) is 10.7. The van der Waals surface area contributed by atoms with Gasteiger partial charge in [-0.05, 0) is 50.3 Å². The van der Waals surface area contributed by atoms with Gasteiger partial charge in [-0.25, -0.2) is 0 Å². The van der Waals surface area contributed by atoms with Gasteiger partial charge in [0.15, 0.2) is 0 Å². The molecule has 116 valence electrons. The monoisotopic (exact) mass is 286 g/mol. The zero-order valence-corrected chi connectivity index (χ0v) is 14.5. The van der Waals surface area contributed by atoms with Gasteiger partial charge in [-0.2, -0.15) is 0 Å². The molecule has 21 heavy (non-hydrogen) atoms. The summed E-state index contributed by atoms with van der Waals surface area (Å²) in [7, 11) is 0. The fourth-order valence-electron chi connectivity index (χ4n) is 3.96.